The van der Waals surface area contributed by atoms with Crippen molar-refractivity contribution in [3.8, 4) is 11.8 Å². The molecule has 0 aliphatic carbocycles. The van der Waals surface area contributed by atoms with Crippen LogP contribution in [-0.4, -0.2) is 47.0 Å². The predicted octanol–water partition coefficient (Wildman–Crippen LogP) is 2.55. The molecule has 1 saturated heterocycles. The summed E-state index contributed by atoms with van der Waals surface area (Å²) in [6.45, 7) is 5.11. The highest BCUT2D eigenvalue weighted by atomic mass is 16.6. The number of nitrogens with zero attached hydrogens (tertiary/aromatic N) is 4. The molecule has 3 rings (SSSR count). The third kappa shape index (κ3) is 4.14. The van der Waals surface area contributed by atoms with Crippen LogP contribution in [0.2, 0.25) is 0 Å². The van der Waals surface area contributed by atoms with Crippen molar-refractivity contribution >= 4 is 11.5 Å². The summed E-state index contributed by atoms with van der Waals surface area (Å²) in [5.74, 6) is 6.94. The maximum atomic E-state index is 11.2. The molecule has 0 spiro atoms. The molecule has 128 valence electrons. The minimum atomic E-state index is -0.372. The zero-order valence-corrected chi connectivity index (χ0v) is 14.1. The van der Waals surface area contributed by atoms with Crippen LogP contribution in [0.1, 0.15) is 12.5 Å². The van der Waals surface area contributed by atoms with E-state index in [1.807, 2.05) is 35.2 Å². The second-order valence-electron chi connectivity index (χ2n) is 5.94. The van der Waals surface area contributed by atoms with Gasteiger partial charge in [-0.3, -0.25) is 15.0 Å². The smallest absolute Gasteiger partial charge is 0.311 e. The molecular formula is C19H20N4O2. The number of hydrogen-bond donors (Lipinski definition) is 0. The summed E-state index contributed by atoms with van der Waals surface area (Å²) in [6.07, 6.45) is 1.60. The first-order valence-electron chi connectivity index (χ1n) is 8.30. The van der Waals surface area contributed by atoms with Crippen LogP contribution in [0.3, 0.4) is 0 Å². The van der Waals surface area contributed by atoms with Crippen LogP contribution in [0.25, 0.3) is 0 Å². The molecule has 2 heterocycles. The lowest BCUT2D eigenvalue weighted by Crippen LogP contribution is -2.49. The van der Waals surface area contributed by atoms with Crippen molar-refractivity contribution in [3.63, 3.8) is 0 Å². The highest BCUT2D eigenvalue weighted by Crippen LogP contribution is 2.25. The highest BCUT2D eigenvalue weighted by molar-refractivity contribution is 5.57. The molecule has 1 aromatic heterocycles. The van der Waals surface area contributed by atoms with Gasteiger partial charge >= 0.3 is 5.69 Å². The van der Waals surface area contributed by atoms with Gasteiger partial charge < -0.3 is 4.90 Å². The number of pyridine rings is 1. The van der Waals surface area contributed by atoms with E-state index in [1.165, 1.54) is 6.07 Å². The average molecular weight is 336 g/mol. The molecule has 25 heavy (non-hydrogen) atoms. The molecule has 0 bridgehead atoms. The molecule has 1 aliphatic heterocycles. The maximum absolute atomic E-state index is 11.2. The lowest BCUT2D eigenvalue weighted by atomic mass is 10.2. The first-order valence-corrected chi connectivity index (χ1v) is 8.30. The second-order valence-corrected chi connectivity index (χ2v) is 5.94. The van der Waals surface area contributed by atoms with Crippen LogP contribution in [-0.2, 0) is 0 Å². The normalized spacial score (nSPS) is 16.0. The summed E-state index contributed by atoms with van der Waals surface area (Å²) in [5.41, 5.74) is 1.07. The van der Waals surface area contributed by atoms with Crippen molar-refractivity contribution < 1.29 is 4.92 Å². The minimum Gasteiger partial charge on any atom is -0.348 e. The van der Waals surface area contributed by atoms with Crippen molar-refractivity contribution in [2.75, 3.05) is 31.1 Å². The van der Waals surface area contributed by atoms with E-state index in [0.29, 0.717) is 18.9 Å². The van der Waals surface area contributed by atoms with E-state index >= 15 is 0 Å². The summed E-state index contributed by atoms with van der Waals surface area (Å²) in [5, 5.41) is 11.2. The lowest BCUT2D eigenvalue weighted by molar-refractivity contribution is -0.384. The highest BCUT2D eigenvalue weighted by Gasteiger charge is 2.25. The van der Waals surface area contributed by atoms with Gasteiger partial charge in [-0.15, -0.1) is 0 Å². The number of piperazine rings is 1. The van der Waals surface area contributed by atoms with Gasteiger partial charge in [0.25, 0.3) is 0 Å². The first kappa shape index (κ1) is 16.9. The fraction of sp³-hybridized carbons (Fsp3) is 0.316. The Morgan fingerprint density at radius 2 is 1.84 bits per heavy atom. The molecule has 1 atom stereocenters. The third-order valence-corrected chi connectivity index (χ3v) is 4.32. The van der Waals surface area contributed by atoms with Gasteiger partial charge in [-0.25, -0.2) is 4.98 Å². The van der Waals surface area contributed by atoms with E-state index < -0.39 is 0 Å². The Balaban J connectivity index is 1.63. The topological polar surface area (TPSA) is 62.5 Å². The summed E-state index contributed by atoms with van der Waals surface area (Å²) >= 11 is 0. The molecular weight excluding hydrogens is 316 g/mol. The minimum absolute atomic E-state index is 0.0628. The molecule has 1 fully saturated rings. The maximum Gasteiger partial charge on any atom is 0.311 e. The standard InChI is InChI=1S/C19H20N4O2/c1-16(9-10-17-6-3-2-4-7-17)21-12-14-22(15-13-21)19-18(23(24)25)8-5-11-20-19/h2-8,11,16H,12-15H2,1H3. The fourth-order valence-corrected chi connectivity index (χ4v) is 2.90. The van der Waals surface area contributed by atoms with E-state index in [9.17, 15) is 10.1 Å². The van der Waals surface area contributed by atoms with E-state index in [0.717, 1.165) is 18.7 Å². The number of aromatic nitrogens is 1. The van der Waals surface area contributed by atoms with Crippen LogP contribution in [0.5, 0.6) is 0 Å². The molecule has 0 amide bonds. The van der Waals surface area contributed by atoms with E-state index in [2.05, 4.69) is 28.6 Å². The molecule has 0 radical (unpaired) electrons. The molecule has 6 heteroatoms. The molecule has 1 aliphatic rings. The van der Waals surface area contributed by atoms with E-state index in [4.69, 9.17) is 0 Å². The largest absolute Gasteiger partial charge is 0.348 e. The van der Waals surface area contributed by atoms with Crippen molar-refractivity contribution in [1.29, 1.82) is 0 Å². The number of nitro groups is 1. The van der Waals surface area contributed by atoms with Gasteiger partial charge in [-0.05, 0) is 25.1 Å². The number of hydrogen-bond acceptors (Lipinski definition) is 5. The van der Waals surface area contributed by atoms with Crippen molar-refractivity contribution in [3.05, 3.63) is 64.3 Å². The van der Waals surface area contributed by atoms with Crippen LogP contribution >= 0.6 is 0 Å². The van der Waals surface area contributed by atoms with Crippen LogP contribution < -0.4 is 4.90 Å². The summed E-state index contributed by atoms with van der Waals surface area (Å²) in [4.78, 5) is 19.3. The van der Waals surface area contributed by atoms with Gasteiger partial charge in [0.15, 0.2) is 0 Å². The van der Waals surface area contributed by atoms with E-state index in [-0.39, 0.29) is 16.7 Å². The molecule has 1 unspecified atom stereocenters. The molecule has 2 aromatic rings. The van der Waals surface area contributed by atoms with Crippen molar-refractivity contribution in [1.82, 2.24) is 9.88 Å². The predicted molar refractivity (Wildman–Crippen MR) is 97.5 cm³/mol. The molecule has 0 saturated carbocycles. The Kier molecular flexibility index (Phi) is 5.26. The van der Waals surface area contributed by atoms with E-state index in [1.54, 1.807) is 12.3 Å². The lowest BCUT2D eigenvalue weighted by Gasteiger charge is -2.36. The summed E-state index contributed by atoms with van der Waals surface area (Å²) in [7, 11) is 0. The molecule has 1 aromatic carbocycles. The SMILES string of the molecule is CC(C#Cc1ccccc1)N1CCN(c2ncccc2[N+](=O)[O-])CC1. The Bertz CT molecular complexity index is 790. The Morgan fingerprint density at radius 1 is 1.12 bits per heavy atom. The number of benzene rings is 1. The number of rotatable bonds is 3. The average Bonchev–Trinajstić information content (AvgIpc) is 2.67. The van der Waals surface area contributed by atoms with Crippen LogP contribution in [0.15, 0.2) is 48.7 Å². The second kappa shape index (κ2) is 7.77. The molecule has 0 N–H and O–H groups in total. The van der Waals surface area contributed by atoms with Crippen molar-refractivity contribution in [2.45, 2.75) is 13.0 Å². The zero-order chi connectivity index (χ0) is 17.6. The van der Waals surface area contributed by atoms with Crippen LogP contribution in [0.4, 0.5) is 11.5 Å². The van der Waals surface area contributed by atoms with Gasteiger partial charge in [0.2, 0.25) is 5.82 Å². The van der Waals surface area contributed by atoms with Gasteiger partial charge in [0, 0.05) is 44.0 Å². The zero-order valence-electron chi connectivity index (χ0n) is 14.1. The van der Waals surface area contributed by atoms with Gasteiger partial charge in [-0.2, -0.15) is 0 Å². The summed E-state index contributed by atoms with van der Waals surface area (Å²) in [6, 6.07) is 13.2. The monoisotopic (exact) mass is 336 g/mol. The number of anilines is 1. The third-order valence-electron chi connectivity index (χ3n) is 4.32. The first-order chi connectivity index (χ1) is 12.1. The van der Waals surface area contributed by atoms with Crippen LogP contribution in [0, 0.1) is 22.0 Å². The summed E-state index contributed by atoms with van der Waals surface area (Å²) < 4.78 is 0. The van der Waals surface area contributed by atoms with Gasteiger partial charge in [0.1, 0.15) is 0 Å². The Hall–Kier alpha value is -2.91. The molecule has 6 nitrogen and oxygen atoms in total. The Morgan fingerprint density at radius 3 is 2.52 bits per heavy atom. The van der Waals surface area contributed by atoms with Gasteiger partial charge in [-0.1, -0.05) is 30.0 Å². The quantitative estimate of drug-likeness (QED) is 0.490. The fourth-order valence-electron chi connectivity index (χ4n) is 2.90. The Labute approximate surface area is 147 Å². The van der Waals surface area contributed by atoms with Crippen molar-refractivity contribution in [2.24, 2.45) is 0 Å². The van der Waals surface area contributed by atoms with Gasteiger partial charge in [0.05, 0.1) is 11.0 Å².